The van der Waals surface area contributed by atoms with Crippen molar-refractivity contribution >= 4 is 0 Å². The van der Waals surface area contributed by atoms with Gasteiger partial charge in [-0.25, -0.2) is 0 Å². The van der Waals surface area contributed by atoms with Crippen molar-refractivity contribution in [3.8, 4) is 0 Å². The summed E-state index contributed by atoms with van der Waals surface area (Å²) >= 11 is 0. The van der Waals surface area contributed by atoms with Gasteiger partial charge in [-0.15, -0.1) is 0 Å². The molecule has 3 aliphatic rings. The summed E-state index contributed by atoms with van der Waals surface area (Å²) in [4.78, 5) is 0. The molecule has 2 aliphatic carbocycles. The summed E-state index contributed by atoms with van der Waals surface area (Å²) in [6.07, 6.45) is 16.1. The van der Waals surface area contributed by atoms with Crippen LogP contribution in [0.4, 0.5) is 0 Å². The van der Waals surface area contributed by atoms with Gasteiger partial charge in [0.1, 0.15) is 0 Å². The minimum atomic E-state index is -0.238. The molecule has 96 valence electrons. The van der Waals surface area contributed by atoms with Crippen LogP contribution in [-0.2, 0) is 0 Å². The molecular weight excluding hydrogens is 222 g/mol. The van der Waals surface area contributed by atoms with E-state index in [1.54, 1.807) is 0 Å². The Kier molecular flexibility index (Phi) is 3.23. The van der Waals surface area contributed by atoms with Crippen molar-refractivity contribution in [2.75, 3.05) is 0 Å². The largest absolute Gasteiger partial charge is 0.392 e. The maximum absolute atomic E-state index is 10.3. The van der Waals surface area contributed by atoms with E-state index in [9.17, 15) is 5.11 Å². The van der Waals surface area contributed by atoms with Gasteiger partial charge in [0.15, 0.2) is 0 Å². The number of hydrogen-bond acceptors (Lipinski definition) is 2. The molecule has 1 aliphatic heterocycles. The average molecular weight is 243 g/mol. The number of aliphatic hydroxyl groups excluding tert-OH is 1. The van der Waals surface area contributed by atoms with Gasteiger partial charge in [-0.3, -0.25) is 0 Å². The van der Waals surface area contributed by atoms with Crippen LogP contribution in [-0.4, -0.2) is 23.3 Å². The number of hydrogen-bond donors (Lipinski definition) is 2. The zero-order chi connectivity index (χ0) is 12.5. The number of nitrogens with one attached hydrogen (secondary N) is 1. The van der Waals surface area contributed by atoms with Gasteiger partial charge in [-0.2, -0.15) is 0 Å². The third-order valence-corrected chi connectivity index (χ3v) is 4.18. The second-order valence-corrected chi connectivity index (χ2v) is 5.58. The van der Waals surface area contributed by atoms with Crippen molar-refractivity contribution < 1.29 is 5.11 Å². The lowest BCUT2D eigenvalue weighted by Gasteiger charge is -2.40. The van der Waals surface area contributed by atoms with Crippen LogP contribution >= 0.6 is 0 Å². The Morgan fingerprint density at radius 1 is 1.28 bits per heavy atom. The van der Waals surface area contributed by atoms with Gasteiger partial charge in [0.25, 0.3) is 0 Å². The molecule has 0 amide bonds. The lowest BCUT2D eigenvalue weighted by Crippen LogP contribution is -2.53. The van der Waals surface area contributed by atoms with Crippen LogP contribution in [0.25, 0.3) is 0 Å². The SMILES string of the molecule is CC1=CC2NC(C3=CCCC=C3)CC(O)C2C=C1. The van der Waals surface area contributed by atoms with E-state index in [1.165, 1.54) is 11.1 Å². The Morgan fingerprint density at radius 3 is 2.94 bits per heavy atom. The standard InChI is InChI=1S/C16H21NO/c1-11-7-8-13-15(9-11)17-14(10-16(13)18)12-5-3-2-4-6-12/h3,5-9,13-18H,2,4,10H2,1H3. The smallest absolute Gasteiger partial charge is 0.0639 e. The van der Waals surface area contributed by atoms with E-state index in [0.29, 0.717) is 6.04 Å². The maximum atomic E-state index is 10.3. The van der Waals surface area contributed by atoms with Crippen LogP contribution in [0.2, 0.25) is 0 Å². The molecule has 1 saturated heterocycles. The first kappa shape index (κ1) is 11.9. The highest BCUT2D eigenvalue weighted by atomic mass is 16.3. The molecule has 1 heterocycles. The highest BCUT2D eigenvalue weighted by molar-refractivity contribution is 5.33. The van der Waals surface area contributed by atoms with Crippen LogP contribution in [0.5, 0.6) is 0 Å². The fourth-order valence-electron chi connectivity index (χ4n) is 3.18. The Bertz CT molecular complexity index is 444. The third-order valence-electron chi connectivity index (χ3n) is 4.18. The molecule has 0 aromatic carbocycles. The van der Waals surface area contributed by atoms with Gasteiger partial charge in [-0.1, -0.05) is 42.0 Å². The summed E-state index contributed by atoms with van der Waals surface area (Å²) < 4.78 is 0. The van der Waals surface area contributed by atoms with E-state index in [0.717, 1.165) is 19.3 Å². The highest BCUT2D eigenvalue weighted by Gasteiger charge is 2.35. The molecule has 1 fully saturated rings. The molecular formula is C16H21NO. The van der Waals surface area contributed by atoms with Crippen molar-refractivity contribution in [1.29, 1.82) is 0 Å². The molecule has 2 nitrogen and oxygen atoms in total. The molecule has 0 saturated carbocycles. The van der Waals surface area contributed by atoms with Crippen molar-refractivity contribution in [2.24, 2.45) is 5.92 Å². The summed E-state index contributed by atoms with van der Waals surface area (Å²) in [7, 11) is 0. The molecule has 0 bridgehead atoms. The predicted octanol–water partition coefficient (Wildman–Crippen LogP) is 2.49. The number of piperidine rings is 1. The zero-order valence-corrected chi connectivity index (χ0v) is 10.8. The van der Waals surface area contributed by atoms with Gasteiger partial charge in [0.05, 0.1) is 6.10 Å². The van der Waals surface area contributed by atoms with E-state index in [1.807, 2.05) is 0 Å². The van der Waals surface area contributed by atoms with E-state index < -0.39 is 0 Å². The number of fused-ring (bicyclic) bond motifs is 1. The van der Waals surface area contributed by atoms with Crippen molar-refractivity contribution in [1.82, 2.24) is 5.32 Å². The Labute approximate surface area is 109 Å². The van der Waals surface area contributed by atoms with Gasteiger partial charge in [-0.05, 0) is 31.8 Å². The summed E-state index contributed by atoms with van der Waals surface area (Å²) in [6, 6.07) is 0.577. The number of aliphatic hydroxyl groups is 1. The lowest BCUT2D eigenvalue weighted by atomic mass is 9.79. The van der Waals surface area contributed by atoms with Crippen LogP contribution in [0.15, 0.2) is 47.6 Å². The predicted molar refractivity (Wildman–Crippen MR) is 74.2 cm³/mol. The van der Waals surface area contributed by atoms with Gasteiger partial charge >= 0.3 is 0 Å². The fraction of sp³-hybridized carbons (Fsp3) is 0.500. The van der Waals surface area contributed by atoms with Crippen LogP contribution in [0.1, 0.15) is 26.2 Å². The van der Waals surface area contributed by atoms with E-state index in [4.69, 9.17) is 0 Å². The molecule has 4 unspecified atom stereocenters. The zero-order valence-electron chi connectivity index (χ0n) is 10.8. The van der Waals surface area contributed by atoms with E-state index >= 15 is 0 Å². The number of rotatable bonds is 1. The van der Waals surface area contributed by atoms with Crippen LogP contribution in [0, 0.1) is 5.92 Å². The Morgan fingerprint density at radius 2 is 2.17 bits per heavy atom. The first-order chi connectivity index (χ1) is 8.74. The van der Waals surface area contributed by atoms with Crippen LogP contribution in [0.3, 0.4) is 0 Å². The third kappa shape index (κ3) is 2.23. The van der Waals surface area contributed by atoms with Gasteiger partial charge < -0.3 is 10.4 Å². The molecule has 2 heteroatoms. The second kappa shape index (κ2) is 4.87. The topological polar surface area (TPSA) is 32.3 Å². The van der Waals surface area contributed by atoms with Crippen molar-refractivity contribution in [3.63, 3.8) is 0 Å². The second-order valence-electron chi connectivity index (χ2n) is 5.58. The molecule has 3 rings (SSSR count). The molecule has 0 radical (unpaired) electrons. The fourth-order valence-corrected chi connectivity index (χ4v) is 3.18. The van der Waals surface area contributed by atoms with Gasteiger partial charge in [0.2, 0.25) is 0 Å². The summed E-state index contributed by atoms with van der Waals surface area (Å²) in [6.45, 7) is 2.12. The quantitative estimate of drug-likeness (QED) is 0.741. The monoisotopic (exact) mass is 243 g/mol. The van der Waals surface area contributed by atoms with Crippen molar-refractivity contribution in [2.45, 2.75) is 44.4 Å². The first-order valence-electron chi connectivity index (χ1n) is 6.91. The molecule has 4 atom stereocenters. The summed E-state index contributed by atoms with van der Waals surface area (Å²) in [5.41, 5.74) is 2.63. The Balaban J connectivity index is 1.79. The lowest BCUT2D eigenvalue weighted by molar-refractivity contribution is 0.0719. The Hall–Kier alpha value is -1.12. The van der Waals surface area contributed by atoms with E-state index in [2.05, 4.69) is 48.7 Å². The molecule has 18 heavy (non-hydrogen) atoms. The average Bonchev–Trinajstić information content (AvgIpc) is 2.39. The van der Waals surface area contributed by atoms with Gasteiger partial charge in [0, 0.05) is 18.0 Å². The first-order valence-corrected chi connectivity index (χ1v) is 6.91. The summed E-state index contributed by atoms with van der Waals surface area (Å²) in [5.74, 6) is 0.234. The molecule has 0 aromatic heterocycles. The minimum Gasteiger partial charge on any atom is -0.392 e. The van der Waals surface area contributed by atoms with Crippen LogP contribution < -0.4 is 5.32 Å². The van der Waals surface area contributed by atoms with Crippen molar-refractivity contribution in [3.05, 3.63) is 47.6 Å². The maximum Gasteiger partial charge on any atom is 0.0639 e. The molecule has 0 spiro atoms. The minimum absolute atomic E-state index is 0.234. The van der Waals surface area contributed by atoms with E-state index in [-0.39, 0.29) is 18.1 Å². The normalized spacial score (nSPS) is 39.0. The number of allylic oxidation sites excluding steroid dienone is 4. The molecule has 2 N–H and O–H groups in total. The highest BCUT2D eigenvalue weighted by Crippen LogP contribution is 2.30. The summed E-state index contributed by atoms with van der Waals surface area (Å²) in [5, 5.41) is 14.0. The molecule has 0 aromatic rings.